The summed E-state index contributed by atoms with van der Waals surface area (Å²) in [5.41, 5.74) is 0. The number of likely N-dealkylation sites (tertiary alicyclic amines) is 1. The molecular formula is C16H30N4O3S. The maximum absolute atomic E-state index is 13.0. The Morgan fingerprint density at radius 2 is 1.75 bits per heavy atom. The zero-order valence-electron chi connectivity index (χ0n) is 15.2. The molecule has 0 aromatic heterocycles. The van der Waals surface area contributed by atoms with Crippen molar-refractivity contribution in [2.24, 2.45) is 5.92 Å². The van der Waals surface area contributed by atoms with Gasteiger partial charge in [-0.1, -0.05) is 13.8 Å². The van der Waals surface area contributed by atoms with Crippen molar-refractivity contribution in [2.75, 3.05) is 26.4 Å². The lowest BCUT2D eigenvalue weighted by Crippen LogP contribution is -2.55. The molecule has 0 spiro atoms. The van der Waals surface area contributed by atoms with Crippen molar-refractivity contribution in [2.45, 2.75) is 57.8 Å². The monoisotopic (exact) mass is 358 g/mol. The summed E-state index contributed by atoms with van der Waals surface area (Å²) in [4.78, 5) is 27.1. The molecule has 2 heterocycles. The van der Waals surface area contributed by atoms with E-state index >= 15 is 0 Å². The Labute approximate surface area is 147 Å². The van der Waals surface area contributed by atoms with E-state index in [0.717, 1.165) is 19.4 Å². The molecule has 2 N–H and O–H groups in total. The third kappa shape index (κ3) is 3.81. The molecule has 0 aliphatic carbocycles. The van der Waals surface area contributed by atoms with Gasteiger partial charge in [0.25, 0.3) is 0 Å². The highest BCUT2D eigenvalue weighted by Crippen LogP contribution is 2.33. The van der Waals surface area contributed by atoms with Gasteiger partial charge in [0.1, 0.15) is 6.04 Å². The van der Waals surface area contributed by atoms with E-state index in [2.05, 4.69) is 10.6 Å². The first-order valence-electron chi connectivity index (χ1n) is 8.66. The van der Waals surface area contributed by atoms with Crippen molar-refractivity contribution in [3.05, 3.63) is 0 Å². The molecule has 0 saturated carbocycles. The summed E-state index contributed by atoms with van der Waals surface area (Å²) in [5.74, 6) is -0.164. The highest BCUT2D eigenvalue weighted by atomic mass is 32.2. The van der Waals surface area contributed by atoms with Crippen molar-refractivity contribution in [3.8, 4) is 0 Å². The SMILES string of the molecule is CN[C@@H](C)C(=O)NC(C(=O)N1CCC2C1CCN2S(C)=O)C(C)C. The summed E-state index contributed by atoms with van der Waals surface area (Å²) in [5, 5.41) is 5.79. The van der Waals surface area contributed by atoms with Crippen LogP contribution in [-0.2, 0) is 20.6 Å². The lowest BCUT2D eigenvalue weighted by Gasteiger charge is -2.31. The highest BCUT2D eigenvalue weighted by Gasteiger charge is 2.47. The van der Waals surface area contributed by atoms with Crippen molar-refractivity contribution < 1.29 is 13.8 Å². The van der Waals surface area contributed by atoms with Gasteiger partial charge in [-0.05, 0) is 32.7 Å². The third-order valence-electron chi connectivity index (χ3n) is 5.20. The number of rotatable bonds is 6. The molecule has 2 fully saturated rings. The second-order valence-corrected chi connectivity index (χ2v) is 8.37. The molecule has 2 saturated heterocycles. The van der Waals surface area contributed by atoms with Crippen LogP contribution in [0.15, 0.2) is 0 Å². The van der Waals surface area contributed by atoms with Crippen LogP contribution < -0.4 is 10.6 Å². The van der Waals surface area contributed by atoms with Gasteiger partial charge in [-0.15, -0.1) is 0 Å². The molecule has 7 nitrogen and oxygen atoms in total. The second kappa shape index (κ2) is 7.93. The zero-order chi connectivity index (χ0) is 18.0. The molecule has 0 radical (unpaired) electrons. The summed E-state index contributed by atoms with van der Waals surface area (Å²) >= 11 is 0. The third-order valence-corrected chi connectivity index (χ3v) is 6.31. The van der Waals surface area contributed by atoms with Gasteiger partial charge in [0.05, 0.1) is 17.0 Å². The van der Waals surface area contributed by atoms with Gasteiger partial charge in [0, 0.05) is 31.4 Å². The largest absolute Gasteiger partial charge is 0.343 e. The van der Waals surface area contributed by atoms with Crippen LogP contribution in [0.2, 0.25) is 0 Å². The average Bonchev–Trinajstić information content (AvgIpc) is 3.11. The van der Waals surface area contributed by atoms with Crippen LogP contribution in [0.1, 0.15) is 33.6 Å². The maximum Gasteiger partial charge on any atom is 0.245 e. The van der Waals surface area contributed by atoms with E-state index in [0.29, 0.717) is 6.54 Å². The normalized spacial score (nSPS) is 27.8. The fourth-order valence-corrected chi connectivity index (χ4v) is 4.63. The molecule has 2 aliphatic heterocycles. The van der Waals surface area contributed by atoms with Gasteiger partial charge < -0.3 is 15.5 Å². The Kier molecular flexibility index (Phi) is 6.39. The van der Waals surface area contributed by atoms with Crippen LogP contribution in [0.3, 0.4) is 0 Å². The molecule has 138 valence electrons. The van der Waals surface area contributed by atoms with Crippen LogP contribution in [0.4, 0.5) is 0 Å². The van der Waals surface area contributed by atoms with Crippen molar-refractivity contribution in [1.29, 1.82) is 0 Å². The summed E-state index contributed by atoms with van der Waals surface area (Å²) < 4.78 is 13.8. The minimum absolute atomic E-state index is 0.0158. The van der Waals surface area contributed by atoms with Crippen LogP contribution in [0.25, 0.3) is 0 Å². The first-order valence-corrected chi connectivity index (χ1v) is 10.2. The summed E-state index contributed by atoms with van der Waals surface area (Å²) in [6.07, 6.45) is 3.40. The van der Waals surface area contributed by atoms with E-state index in [1.807, 2.05) is 23.1 Å². The first kappa shape index (κ1) is 19.3. The fraction of sp³-hybridized carbons (Fsp3) is 0.875. The number of carbonyl (C=O) groups excluding carboxylic acids is 2. The van der Waals surface area contributed by atoms with Crippen LogP contribution in [-0.4, -0.2) is 75.8 Å². The smallest absolute Gasteiger partial charge is 0.245 e. The Bertz CT molecular complexity index is 514. The van der Waals surface area contributed by atoms with Gasteiger partial charge in [-0.25, -0.2) is 8.51 Å². The molecule has 8 heteroatoms. The second-order valence-electron chi connectivity index (χ2n) is 7.05. The predicted octanol–water partition coefficient (Wildman–Crippen LogP) is -0.296. The van der Waals surface area contributed by atoms with E-state index in [1.165, 1.54) is 0 Å². The first-order chi connectivity index (χ1) is 11.3. The van der Waals surface area contributed by atoms with Gasteiger partial charge in [-0.2, -0.15) is 0 Å². The Morgan fingerprint density at radius 3 is 2.29 bits per heavy atom. The lowest BCUT2D eigenvalue weighted by atomic mass is 10.0. The van der Waals surface area contributed by atoms with E-state index in [9.17, 15) is 13.8 Å². The Hall–Kier alpha value is -0.990. The van der Waals surface area contributed by atoms with Crippen LogP contribution >= 0.6 is 0 Å². The van der Waals surface area contributed by atoms with Crippen molar-refractivity contribution >= 4 is 22.8 Å². The van der Waals surface area contributed by atoms with E-state index in [-0.39, 0.29) is 35.9 Å². The molecule has 0 aromatic rings. The molecule has 24 heavy (non-hydrogen) atoms. The Morgan fingerprint density at radius 1 is 1.12 bits per heavy atom. The molecule has 0 aromatic carbocycles. The van der Waals surface area contributed by atoms with Crippen LogP contribution in [0.5, 0.6) is 0 Å². The van der Waals surface area contributed by atoms with E-state index in [1.54, 1.807) is 20.2 Å². The number of carbonyl (C=O) groups is 2. The Balaban J connectivity index is 2.08. The lowest BCUT2D eigenvalue weighted by molar-refractivity contribution is -0.138. The van der Waals surface area contributed by atoms with E-state index < -0.39 is 17.0 Å². The van der Waals surface area contributed by atoms with Gasteiger partial charge in [0.2, 0.25) is 11.8 Å². The quantitative estimate of drug-likeness (QED) is 0.683. The molecule has 4 unspecified atom stereocenters. The summed E-state index contributed by atoms with van der Waals surface area (Å²) in [6, 6.07) is -0.566. The maximum atomic E-state index is 13.0. The number of hydrogen-bond donors (Lipinski definition) is 2. The van der Waals surface area contributed by atoms with Crippen molar-refractivity contribution in [1.82, 2.24) is 19.8 Å². The standard InChI is InChI=1S/C16H30N4O3S/c1-10(2)14(18-15(21)11(3)17-4)16(22)19-8-6-13-12(19)7-9-20(13)24(5)23/h10-14,17H,6-9H2,1-5H3,(H,18,21)/t11-,12?,13?,14?,24?/m0/s1. The minimum atomic E-state index is -0.998. The van der Waals surface area contributed by atoms with Gasteiger partial charge in [-0.3, -0.25) is 9.59 Å². The molecule has 2 rings (SSSR count). The van der Waals surface area contributed by atoms with Crippen LogP contribution in [0, 0.1) is 5.92 Å². The molecular weight excluding hydrogens is 328 g/mol. The fourth-order valence-electron chi connectivity index (χ4n) is 3.64. The predicted molar refractivity (Wildman–Crippen MR) is 94.6 cm³/mol. The minimum Gasteiger partial charge on any atom is -0.343 e. The number of likely N-dealkylation sites (N-methyl/N-ethyl adjacent to an activating group) is 1. The van der Waals surface area contributed by atoms with Crippen molar-refractivity contribution in [3.63, 3.8) is 0 Å². The number of hydrogen-bond acceptors (Lipinski definition) is 4. The summed E-state index contributed by atoms with van der Waals surface area (Å²) in [7, 11) is 0.723. The molecule has 2 aliphatic rings. The molecule has 0 bridgehead atoms. The number of amides is 2. The number of nitrogens with one attached hydrogen (secondary N) is 2. The van der Waals surface area contributed by atoms with Gasteiger partial charge >= 0.3 is 0 Å². The average molecular weight is 359 g/mol. The zero-order valence-corrected chi connectivity index (χ0v) is 16.1. The number of nitrogens with zero attached hydrogens (tertiary/aromatic N) is 2. The van der Waals surface area contributed by atoms with Gasteiger partial charge in [0.15, 0.2) is 0 Å². The topological polar surface area (TPSA) is 81.8 Å². The highest BCUT2D eigenvalue weighted by molar-refractivity contribution is 7.81. The molecule has 2 amide bonds. The van der Waals surface area contributed by atoms with E-state index in [4.69, 9.17) is 0 Å². The molecule has 5 atom stereocenters. The summed E-state index contributed by atoms with van der Waals surface area (Å²) in [6.45, 7) is 7.10. The number of fused-ring (bicyclic) bond motifs is 1.